The molecule has 4 heterocycles. The Kier molecular flexibility index (Phi) is 10.2. The van der Waals surface area contributed by atoms with E-state index in [4.69, 9.17) is 26.1 Å². The highest BCUT2D eigenvalue weighted by Gasteiger charge is 2.29. The van der Waals surface area contributed by atoms with Crippen molar-refractivity contribution in [1.29, 1.82) is 0 Å². The molecule has 2 aromatic heterocycles. The van der Waals surface area contributed by atoms with Crippen molar-refractivity contribution in [2.75, 3.05) is 26.3 Å². The zero-order valence-electron chi connectivity index (χ0n) is 27.6. The Hall–Kier alpha value is -4.58. The van der Waals surface area contributed by atoms with Gasteiger partial charge in [-0.1, -0.05) is 43.6 Å². The van der Waals surface area contributed by atoms with Gasteiger partial charge in [-0.05, 0) is 48.9 Å². The molecule has 0 bridgehead atoms. The quantitative estimate of drug-likeness (QED) is 0.277. The third kappa shape index (κ3) is 7.75. The Labute approximate surface area is 284 Å². The minimum absolute atomic E-state index is 0.0592. The number of aryl methyl sites for hydroxylation is 1. The molecular weight excluding hydrogens is 634 g/mol. The molecule has 2 aliphatic rings. The summed E-state index contributed by atoms with van der Waals surface area (Å²) in [6, 6.07) is 10.1. The first-order chi connectivity index (χ1) is 23.1. The van der Waals surface area contributed by atoms with E-state index in [2.05, 4.69) is 34.6 Å². The smallest absolute Gasteiger partial charge is 0.243 e. The lowest BCUT2D eigenvalue weighted by molar-refractivity contribution is -0.131. The first-order valence-corrected chi connectivity index (χ1v) is 16.9. The Bertz CT molecular complexity index is 1800. The maximum Gasteiger partial charge on any atom is 0.243 e. The normalized spacial score (nSPS) is 19.1. The fraction of sp³-hybridized carbons (Fsp3) is 0.457. The van der Waals surface area contributed by atoms with E-state index < -0.39 is 12.1 Å². The number of ether oxygens (including phenoxy) is 2. The van der Waals surface area contributed by atoms with Crippen LogP contribution in [0.2, 0.25) is 5.02 Å². The number of hydrogen-bond donors (Lipinski definition) is 3. The number of nitrogens with one attached hydrogen (secondary N) is 3. The van der Waals surface area contributed by atoms with Crippen LogP contribution in [-0.4, -0.2) is 74.7 Å². The van der Waals surface area contributed by atoms with E-state index in [1.165, 1.54) is 0 Å². The number of H-pyrrole nitrogens is 1. The highest BCUT2D eigenvalue weighted by atomic mass is 35.5. The zero-order valence-corrected chi connectivity index (χ0v) is 28.3. The highest BCUT2D eigenvalue weighted by molar-refractivity contribution is 6.31. The van der Waals surface area contributed by atoms with Crippen LogP contribution in [0.15, 0.2) is 42.6 Å². The van der Waals surface area contributed by atoms with Crippen molar-refractivity contribution in [2.24, 2.45) is 5.92 Å². The van der Waals surface area contributed by atoms with E-state index in [1.54, 1.807) is 21.7 Å². The molecule has 13 heteroatoms. The summed E-state index contributed by atoms with van der Waals surface area (Å²) in [5.74, 6) is 1.87. The van der Waals surface area contributed by atoms with Gasteiger partial charge in [-0.15, -0.1) is 0 Å². The predicted octanol–water partition coefficient (Wildman–Crippen LogP) is 4.29. The van der Waals surface area contributed by atoms with Crippen molar-refractivity contribution in [2.45, 2.75) is 71.5 Å². The number of nitrogens with zero attached hydrogens (tertiary/aromatic N) is 4. The second-order valence-electron chi connectivity index (χ2n) is 12.9. The average Bonchev–Trinajstić information content (AvgIpc) is 3.64. The van der Waals surface area contributed by atoms with Gasteiger partial charge in [0.05, 0.1) is 19.0 Å². The highest BCUT2D eigenvalue weighted by Crippen LogP contribution is 2.35. The van der Waals surface area contributed by atoms with Crippen molar-refractivity contribution in [1.82, 2.24) is 35.3 Å². The molecule has 48 heavy (non-hydrogen) atoms. The Morgan fingerprint density at radius 2 is 1.79 bits per heavy atom. The standard InChI is InChI=1S/C35H42ClN7O5/c1-21(2)15-28-34-38-22(3)41-43(34)12-11-42(33(45)18-23-17-30-31(19-26(23)36)48-14-13-47-30)10-6-9-32(44)39-29(35(46)40-28)16-24-20-37-27-8-5-4-7-25(24)27/h4-5,7-8,17,19-21,28-29,37H,6,9-16,18H2,1-3H3,(H,39,44)(H,40,46)/t28-,29+/m0/s1. The molecular formula is C35H42ClN7O5. The van der Waals surface area contributed by atoms with E-state index in [0.717, 1.165) is 16.5 Å². The molecule has 0 unspecified atom stereocenters. The summed E-state index contributed by atoms with van der Waals surface area (Å²) in [6.45, 7) is 7.89. The van der Waals surface area contributed by atoms with Gasteiger partial charge in [-0.25, -0.2) is 9.67 Å². The minimum atomic E-state index is -0.818. The van der Waals surface area contributed by atoms with E-state index in [1.807, 2.05) is 37.4 Å². The number of carbonyl (C=O) groups is 3. The van der Waals surface area contributed by atoms with E-state index in [-0.39, 0.29) is 36.5 Å². The second-order valence-corrected chi connectivity index (χ2v) is 13.3. The van der Waals surface area contributed by atoms with Gasteiger partial charge < -0.3 is 30.0 Å². The molecule has 3 N–H and O–H groups in total. The molecule has 4 aromatic rings. The second kappa shape index (κ2) is 14.7. The summed E-state index contributed by atoms with van der Waals surface area (Å²) >= 11 is 6.56. The molecule has 12 nitrogen and oxygen atoms in total. The van der Waals surface area contributed by atoms with Crippen LogP contribution in [0.25, 0.3) is 10.9 Å². The molecule has 3 amide bonds. The molecule has 254 valence electrons. The minimum Gasteiger partial charge on any atom is -0.486 e. The number of hydrogen-bond acceptors (Lipinski definition) is 7. The molecule has 0 saturated heterocycles. The van der Waals surface area contributed by atoms with Gasteiger partial charge in [-0.2, -0.15) is 5.10 Å². The molecule has 0 aliphatic carbocycles. The maximum atomic E-state index is 14.0. The molecule has 2 aliphatic heterocycles. The molecule has 2 aromatic carbocycles. The molecule has 2 atom stereocenters. The monoisotopic (exact) mass is 675 g/mol. The zero-order chi connectivity index (χ0) is 33.8. The molecule has 0 fully saturated rings. The topological polar surface area (TPSA) is 143 Å². The summed E-state index contributed by atoms with van der Waals surface area (Å²) in [7, 11) is 0. The van der Waals surface area contributed by atoms with Crippen LogP contribution in [0, 0.1) is 12.8 Å². The average molecular weight is 676 g/mol. The Balaban J connectivity index is 1.27. The number of carbonyl (C=O) groups excluding carboxylic acids is 3. The van der Waals surface area contributed by atoms with Crippen LogP contribution in [0.3, 0.4) is 0 Å². The molecule has 0 saturated carbocycles. The van der Waals surface area contributed by atoms with Crippen molar-refractivity contribution in [3.63, 3.8) is 0 Å². The van der Waals surface area contributed by atoms with Gasteiger partial charge in [-0.3, -0.25) is 14.4 Å². The lowest BCUT2D eigenvalue weighted by Gasteiger charge is -2.27. The number of halogens is 1. The number of aromatic amines is 1. The van der Waals surface area contributed by atoms with E-state index >= 15 is 0 Å². The molecule has 0 radical (unpaired) electrons. The summed E-state index contributed by atoms with van der Waals surface area (Å²) < 4.78 is 13.1. The maximum absolute atomic E-state index is 14.0. The summed E-state index contributed by atoms with van der Waals surface area (Å²) in [6.07, 6.45) is 3.43. The van der Waals surface area contributed by atoms with Gasteiger partial charge in [0.1, 0.15) is 30.9 Å². The summed E-state index contributed by atoms with van der Waals surface area (Å²) in [5, 5.41) is 12.3. The number of benzene rings is 2. The van der Waals surface area contributed by atoms with E-state index in [9.17, 15) is 14.4 Å². The van der Waals surface area contributed by atoms with Crippen molar-refractivity contribution >= 4 is 40.2 Å². The summed E-state index contributed by atoms with van der Waals surface area (Å²) in [4.78, 5) is 50.8. The first-order valence-electron chi connectivity index (χ1n) is 16.6. The number of para-hydroxylation sites is 1. The van der Waals surface area contributed by atoms with Crippen LogP contribution in [0.1, 0.15) is 61.9 Å². The van der Waals surface area contributed by atoms with Gasteiger partial charge in [0.15, 0.2) is 11.5 Å². The van der Waals surface area contributed by atoms with Crippen LogP contribution < -0.4 is 20.1 Å². The third-order valence-electron chi connectivity index (χ3n) is 8.71. The van der Waals surface area contributed by atoms with Crippen molar-refractivity contribution < 1.29 is 23.9 Å². The summed E-state index contributed by atoms with van der Waals surface area (Å²) in [5.41, 5.74) is 2.53. The lowest BCUT2D eigenvalue weighted by atomic mass is 10.0. The first kappa shape index (κ1) is 33.3. The predicted molar refractivity (Wildman–Crippen MR) is 181 cm³/mol. The van der Waals surface area contributed by atoms with Crippen LogP contribution in [0.4, 0.5) is 0 Å². The van der Waals surface area contributed by atoms with Gasteiger partial charge in [0.25, 0.3) is 0 Å². The van der Waals surface area contributed by atoms with Gasteiger partial charge >= 0.3 is 0 Å². The number of amides is 3. The van der Waals surface area contributed by atoms with Crippen LogP contribution in [0.5, 0.6) is 11.5 Å². The van der Waals surface area contributed by atoms with Crippen LogP contribution in [-0.2, 0) is 33.8 Å². The third-order valence-corrected chi connectivity index (χ3v) is 9.06. The molecule has 6 rings (SSSR count). The lowest BCUT2D eigenvalue weighted by Crippen LogP contribution is -2.49. The van der Waals surface area contributed by atoms with Crippen molar-refractivity contribution in [3.05, 3.63) is 70.4 Å². The van der Waals surface area contributed by atoms with Gasteiger partial charge in [0.2, 0.25) is 17.7 Å². The van der Waals surface area contributed by atoms with Crippen LogP contribution >= 0.6 is 11.6 Å². The number of rotatable bonds is 6. The fourth-order valence-electron chi connectivity index (χ4n) is 6.39. The fourth-order valence-corrected chi connectivity index (χ4v) is 6.61. The number of fused-ring (bicyclic) bond motifs is 3. The Morgan fingerprint density at radius 1 is 1.02 bits per heavy atom. The number of aromatic nitrogens is 4. The van der Waals surface area contributed by atoms with E-state index in [0.29, 0.717) is 85.8 Å². The van der Waals surface area contributed by atoms with Crippen molar-refractivity contribution in [3.8, 4) is 11.5 Å². The van der Waals surface area contributed by atoms with Gasteiger partial charge in [0, 0.05) is 54.1 Å². The Morgan fingerprint density at radius 3 is 2.58 bits per heavy atom. The molecule has 0 spiro atoms. The SMILES string of the molecule is Cc1nc2n(n1)CCN(C(=O)Cc1cc3c(cc1Cl)OCCO3)CCCC(=O)N[C@H](Cc1c[nH]c3ccccc13)C(=O)N[C@H]2CC(C)C. The largest absolute Gasteiger partial charge is 0.486 e.